The Morgan fingerprint density at radius 1 is 0.550 bits per heavy atom. The summed E-state index contributed by atoms with van der Waals surface area (Å²) < 4.78 is 59.2. The molecule has 2 heterocycles. The third-order valence-corrected chi connectivity index (χ3v) is 4.80. The minimum absolute atomic E-state index is 0. The molecule has 0 aliphatic carbocycles. The van der Waals surface area contributed by atoms with E-state index in [4.69, 9.17) is 0 Å². The molecule has 0 bridgehead atoms. The van der Waals surface area contributed by atoms with Gasteiger partial charge in [0.2, 0.25) is 0 Å². The van der Waals surface area contributed by atoms with Crippen molar-refractivity contribution in [1.29, 1.82) is 0 Å². The van der Waals surface area contributed by atoms with Crippen LogP contribution in [0.15, 0.2) is 119 Å². The van der Waals surface area contributed by atoms with Gasteiger partial charge in [-0.2, -0.15) is 0 Å². The van der Waals surface area contributed by atoms with Crippen molar-refractivity contribution in [3.63, 3.8) is 0 Å². The summed E-state index contributed by atoms with van der Waals surface area (Å²) in [4.78, 5) is 17.3. The van der Waals surface area contributed by atoms with Gasteiger partial charge in [-0.25, -0.2) is 0 Å². The molecule has 4 nitrogen and oxygen atoms in total. The van der Waals surface area contributed by atoms with Crippen molar-refractivity contribution < 1.29 is 42.3 Å². The number of nitrogens with zero attached hydrogens (tertiary/aromatic N) is 4. The molecule has 4 rings (SSSR count). The van der Waals surface area contributed by atoms with E-state index in [1.54, 1.807) is 12.4 Å². The zero-order valence-electron chi connectivity index (χ0n) is 21.5. The summed E-state index contributed by atoms with van der Waals surface area (Å²) in [6.07, 6.45) is 7.18. The number of aromatic nitrogens is 2. The van der Waals surface area contributed by atoms with Crippen molar-refractivity contribution >= 4 is 20.2 Å². The molecule has 0 saturated carbocycles. The number of benzene rings is 2. The number of pyridine rings is 2. The molecule has 0 N–H and O–H groups in total. The predicted octanol–water partition coefficient (Wildman–Crippen LogP) is 9.90. The van der Waals surface area contributed by atoms with E-state index in [1.165, 1.54) is 11.1 Å². The number of aliphatic imine (C=N–C) groups is 2. The Morgan fingerprint density at radius 3 is 1.12 bits per heavy atom. The third kappa shape index (κ3) is 18.0. The van der Waals surface area contributed by atoms with Crippen LogP contribution in [0.2, 0.25) is 0 Å². The Kier molecular flexibility index (Phi) is 12.9. The first-order chi connectivity index (χ1) is 18.2. The Balaban J connectivity index is 0.000000320. The molecule has 0 radical (unpaired) electrons. The zero-order valence-corrected chi connectivity index (χ0v) is 23.3. The topological polar surface area (TPSA) is 50.5 Å². The van der Waals surface area contributed by atoms with E-state index in [0.29, 0.717) is 0 Å². The van der Waals surface area contributed by atoms with Crippen molar-refractivity contribution in [2.24, 2.45) is 9.98 Å². The first-order valence-electron chi connectivity index (χ1n) is 11.7. The first-order valence-corrected chi connectivity index (χ1v) is 13.7. The van der Waals surface area contributed by atoms with Crippen LogP contribution in [0, 0.1) is 0 Å². The fourth-order valence-corrected chi connectivity index (χ4v) is 2.92. The number of hydrogen-bond acceptors (Lipinski definition) is 4. The number of halogens is 6. The van der Waals surface area contributed by atoms with Crippen molar-refractivity contribution in [2.75, 3.05) is 0 Å². The average Bonchev–Trinajstić information content (AvgIpc) is 2.91. The second-order valence-corrected chi connectivity index (χ2v) is 10.1. The van der Waals surface area contributed by atoms with Gasteiger partial charge >= 0.3 is 50.1 Å². The van der Waals surface area contributed by atoms with Gasteiger partial charge < -0.3 is 0 Å². The van der Waals surface area contributed by atoms with Gasteiger partial charge in [0.15, 0.2) is 0 Å². The van der Waals surface area contributed by atoms with Crippen LogP contribution < -0.4 is 0 Å². The molecule has 40 heavy (non-hydrogen) atoms. The maximum Gasteiger partial charge on any atom is 1.00 e. The van der Waals surface area contributed by atoms with Crippen molar-refractivity contribution in [1.82, 2.24) is 9.97 Å². The standard InChI is InChI=1S/2C14H14N2.Cu.F6P/c2*1-12(13-7-3-2-4-8-13)16-11-14-9-5-6-10-15-14;;1-7(2,3,4,5)6/h2*2-12H,1H3;;/q;;+1;-1/t2*12-;;/m11../s1. The second kappa shape index (κ2) is 14.8. The normalized spacial score (nSPS) is 14.3. The number of hydrogen-bond donors (Lipinski definition) is 0. The molecule has 0 spiro atoms. The predicted molar refractivity (Wildman–Crippen MR) is 147 cm³/mol. The Morgan fingerprint density at radius 2 is 0.850 bits per heavy atom. The molecule has 0 saturated heterocycles. The molecule has 0 aliphatic rings. The molecule has 12 heteroatoms. The largest absolute Gasteiger partial charge is 1.00 e. The average molecular weight is 629 g/mol. The van der Waals surface area contributed by atoms with Gasteiger partial charge in [-0.15, -0.1) is 0 Å². The summed E-state index contributed by atoms with van der Waals surface area (Å²) in [5.74, 6) is 0. The fraction of sp³-hybridized carbons (Fsp3) is 0.143. The van der Waals surface area contributed by atoms with E-state index in [9.17, 15) is 25.2 Å². The fourth-order valence-electron chi connectivity index (χ4n) is 2.92. The van der Waals surface area contributed by atoms with E-state index >= 15 is 0 Å². The molecule has 0 amide bonds. The molecule has 0 unspecified atom stereocenters. The van der Waals surface area contributed by atoms with Gasteiger partial charge in [0, 0.05) is 24.8 Å². The number of rotatable bonds is 6. The summed E-state index contributed by atoms with van der Waals surface area (Å²) >= 11 is 0. The van der Waals surface area contributed by atoms with E-state index in [1.807, 2.05) is 85.2 Å². The van der Waals surface area contributed by atoms with Gasteiger partial charge in [-0.1, -0.05) is 72.8 Å². The Hall–Kier alpha value is -3.39. The smallest absolute Gasteiger partial charge is 1.00 e. The first kappa shape index (κ1) is 34.6. The minimum atomic E-state index is -10.7. The van der Waals surface area contributed by atoms with Crippen LogP contribution in [0.1, 0.15) is 48.4 Å². The molecule has 2 aromatic carbocycles. The van der Waals surface area contributed by atoms with Crippen LogP contribution >= 0.6 is 7.81 Å². The van der Waals surface area contributed by atoms with Crippen LogP contribution in [-0.4, -0.2) is 22.4 Å². The van der Waals surface area contributed by atoms with Gasteiger partial charge in [0.25, 0.3) is 0 Å². The second-order valence-electron chi connectivity index (χ2n) is 8.20. The van der Waals surface area contributed by atoms with Crippen LogP contribution in [-0.2, 0) is 17.1 Å². The Labute approximate surface area is 240 Å². The van der Waals surface area contributed by atoms with Crippen LogP contribution in [0.25, 0.3) is 0 Å². The summed E-state index contributed by atoms with van der Waals surface area (Å²) in [5.41, 5.74) is 4.22. The Bertz CT molecular complexity index is 1210. The van der Waals surface area contributed by atoms with Crippen molar-refractivity contribution in [3.05, 3.63) is 132 Å². The van der Waals surface area contributed by atoms with Crippen molar-refractivity contribution in [2.45, 2.75) is 25.9 Å². The molecule has 218 valence electrons. The molecular formula is C28H28CuF6N4P. The monoisotopic (exact) mass is 628 g/mol. The maximum absolute atomic E-state index is 10.7. The molecule has 4 aromatic rings. The zero-order chi connectivity index (χ0) is 28.8. The molecule has 0 fully saturated rings. The van der Waals surface area contributed by atoms with Gasteiger partial charge in [0.05, 0.1) is 23.5 Å². The van der Waals surface area contributed by atoms with E-state index < -0.39 is 7.81 Å². The van der Waals surface area contributed by atoms with E-state index in [2.05, 4.69) is 58.1 Å². The SMILES string of the molecule is C[C@@H](N=Cc1ccccn1)c1ccccc1.C[C@@H](N=Cc1ccccn1)c1ccccc1.F[P-](F)(F)(F)(F)F.[Cu+]. The van der Waals surface area contributed by atoms with Crippen LogP contribution in [0.3, 0.4) is 0 Å². The molecule has 2 aromatic heterocycles. The van der Waals surface area contributed by atoms with Gasteiger partial charge in [-0.05, 0) is 49.2 Å². The van der Waals surface area contributed by atoms with Crippen molar-refractivity contribution in [3.8, 4) is 0 Å². The molecular weight excluding hydrogens is 601 g/mol. The van der Waals surface area contributed by atoms with Gasteiger partial charge in [-0.3, -0.25) is 20.0 Å². The summed E-state index contributed by atoms with van der Waals surface area (Å²) in [7, 11) is -10.7. The van der Waals surface area contributed by atoms with E-state index in [-0.39, 0.29) is 29.2 Å². The summed E-state index contributed by atoms with van der Waals surface area (Å²) in [6, 6.07) is 32.4. The maximum atomic E-state index is 9.87. The minimum Gasteiger partial charge on any atom is 1.00 e. The van der Waals surface area contributed by atoms with Crippen LogP contribution in [0.4, 0.5) is 25.2 Å². The van der Waals surface area contributed by atoms with Crippen LogP contribution in [0.5, 0.6) is 0 Å². The quantitative estimate of drug-likeness (QED) is 0.0923. The van der Waals surface area contributed by atoms with Gasteiger partial charge in [0.1, 0.15) is 0 Å². The van der Waals surface area contributed by atoms with E-state index in [0.717, 1.165) is 11.4 Å². The third-order valence-electron chi connectivity index (χ3n) is 4.80. The summed E-state index contributed by atoms with van der Waals surface area (Å²) in [6.45, 7) is 4.16. The molecule has 0 aliphatic heterocycles. The summed E-state index contributed by atoms with van der Waals surface area (Å²) in [5, 5.41) is 0. The molecule has 2 atom stereocenters.